The predicted molar refractivity (Wildman–Crippen MR) is 96.9 cm³/mol. The number of imidazole rings is 1. The van der Waals surface area contributed by atoms with Crippen LogP contribution >= 0.6 is 0 Å². The van der Waals surface area contributed by atoms with Gasteiger partial charge in [0.2, 0.25) is 0 Å². The average molecular weight is 349 g/mol. The minimum atomic E-state index is -0.198. The molecule has 3 aromatic rings. The summed E-state index contributed by atoms with van der Waals surface area (Å²) in [5, 5.41) is 0. The van der Waals surface area contributed by atoms with Crippen molar-refractivity contribution >= 4 is 5.91 Å². The molecule has 132 valence electrons. The number of carbonyl (C=O) groups is 1. The lowest BCUT2D eigenvalue weighted by Gasteiger charge is -2.29. The number of hydrogen-bond donors (Lipinski definition) is 0. The fourth-order valence-electron chi connectivity index (χ4n) is 2.97. The van der Waals surface area contributed by atoms with Crippen molar-refractivity contribution in [2.45, 2.75) is 6.10 Å². The van der Waals surface area contributed by atoms with Crippen LogP contribution in [0.2, 0.25) is 0 Å². The first-order valence-electron chi connectivity index (χ1n) is 8.43. The van der Waals surface area contributed by atoms with E-state index in [1.807, 2.05) is 59.3 Å². The summed E-state index contributed by atoms with van der Waals surface area (Å²) in [6, 6.07) is 15.0. The van der Waals surface area contributed by atoms with E-state index in [4.69, 9.17) is 9.47 Å². The number of fused-ring (bicyclic) bond motifs is 1. The third kappa shape index (κ3) is 3.26. The van der Waals surface area contributed by atoms with Crippen LogP contribution in [-0.2, 0) is 0 Å². The van der Waals surface area contributed by atoms with Crippen molar-refractivity contribution in [1.29, 1.82) is 0 Å². The Hall–Kier alpha value is -3.28. The van der Waals surface area contributed by atoms with Crippen LogP contribution in [0.1, 0.15) is 10.4 Å². The van der Waals surface area contributed by atoms with E-state index in [2.05, 4.69) is 4.98 Å². The summed E-state index contributed by atoms with van der Waals surface area (Å²) < 4.78 is 13.5. The molecule has 1 aliphatic rings. The molecule has 1 atom stereocenters. The molecule has 0 unspecified atom stereocenters. The van der Waals surface area contributed by atoms with E-state index in [0.29, 0.717) is 24.5 Å². The molecule has 26 heavy (non-hydrogen) atoms. The number of carbonyl (C=O) groups excluding carboxylic acids is 1. The van der Waals surface area contributed by atoms with Gasteiger partial charge in [-0.05, 0) is 30.3 Å². The Balaban J connectivity index is 1.45. The van der Waals surface area contributed by atoms with Gasteiger partial charge in [-0.25, -0.2) is 4.98 Å². The fourth-order valence-corrected chi connectivity index (χ4v) is 2.97. The quantitative estimate of drug-likeness (QED) is 0.727. The minimum Gasteiger partial charge on any atom is -0.486 e. The van der Waals surface area contributed by atoms with Gasteiger partial charge in [-0.15, -0.1) is 0 Å². The zero-order valence-corrected chi connectivity index (χ0v) is 14.4. The van der Waals surface area contributed by atoms with Gasteiger partial charge in [-0.2, -0.15) is 0 Å². The van der Waals surface area contributed by atoms with Gasteiger partial charge >= 0.3 is 0 Å². The monoisotopic (exact) mass is 349 g/mol. The van der Waals surface area contributed by atoms with Gasteiger partial charge in [0, 0.05) is 30.7 Å². The third-order valence-corrected chi connectivity index (χ3v) is 4.29. The van der Waals surface area contributed by atoms with Crippen LogP contribution in [0.3, 0.4) is 0 Å². The van der Waals surface area contributed by atoms with Crippen LogP contribution < -0.4 is 9.47 Å². The molecule has 0 N–H and O–H groups in total. The van der Waals surface area contributed by atoms with Gasteiger partial charge in [0.05, 0.1) is 12.9 Å². The van der Waals surface area contributed by atoms with Gasteiger partial charge < -0.3 is 18.9 Å². The highest BCUT2D eigenvalue weighted by Gasteiger charge is 2.24. The molecule has 0 saturated carbocycles. The maximum absolute atomic E-state index is 12.8. The normalized spacial score (nSPS) is 15.5. The van der Waals surface area contributed by atoms with Gasteiger partial charge in [-0.3, -0.25) is 4.79 Å². The van der Waals surface area contributed by atoms with E-state index in [1.165, 1.54) is 0 Å². The van der Waals surface area contributed by atoms with Crippen molar-refractivity contribution < 1.29 is 14.3 Å². The number of benzene rings is 2. The van der Waals surface area contributed by atoms with Crippen LogP contribution in [0.25, 0.3) is 5.69 Å². The van der Waals surface area contributed by atoms with Crippen LogP contribution in [0.15, 0.2) is 67.3 Å². The first-order chi connectivity index (χ1) is 12.7. The Morgan fingerprint density at radius 3 is 2.88 bits per heavy atom. The summed E-state index contributed by atoms with van der Waals surface area (Å²) in [5.74, 6) is 1.40. The molecule has 0 bridgehead atoms. The SMILES string of the molecule is CN(C[C@@H]1COc2ccccc2O1)C(=O)c1cccc(-n2ccnc2)c1. The number of hydrogen-bond acceptors (Lipinski definition) is 4. The summed E-state index contributed by atoms with van der Waals surface area (Å²) in [4.78, 5) is 18.5. The zero-order chi connectivity index (χ0) is 17.9. The summed E-state index contributed by atoms with van der Waals surface area (Å²) >= 11 is 0. The number of nitrogens with zero attached hydrogens (tertiary/aromatic N) is 3. The van der Waals surface area contributed by atoms with E-state index in [0.717, 1.165) is 11.4 Å². The molecule has 0 fully saturated rings. The second-order valence-corrected chi connectivity index (χ2v) is 6.20. The molecule has 4 rings (SSSR count). The van der Waals surface area contributed by atoms with E-state index in [-0.39, 0.29) is 12.0 Å². The lowest BCUT2D eigenvalue weighted by molar-refractivity contribution is 0.0521. The number of amides is 1. The van der Waals surface area contributed by atoms with E-state index in [1.54, 1.807) is 24.5 Å². The Labute approximate surface area is 151 Å². The Kier molecular flexibility index (Phi) is 4.31. The smallest absolute Gasteiger partial charge is 0.253 e. The van der Waals surface area contributed by atoms with Gasteiger partial charge in [-0.1, -0.05) is 18.2 Å². The molecule has 0 saturated heterocycles. The molecule has 6 heteroatoms. The predicted octanol–water partition coefficient (Wildman–Crippen LogP) is 2.78. The maximum atomic E-state index is 12.8. The van der Waals surface area contributed by atoms with Gasteiger partial charge in [0.15, 0.2) is 17.6 Å². The topological polar surface area (TPSA) is 56.6 Å². The highest BCUT2D eigenvalue weighted by atomic mass is 16.6. The number of para-hydroxylation sites is 2. The molecular formula is C20H19N3O3. The Morgan fingerprint density at radius 1 is 1.23 bits per heavy atom. The van der Waals surface area contributed by atoms with Gasteiger partial charge in [0.25, 0.3) is 5.91 Å². The highest BCUT2D eigenvalue weighted by Crippen LogP contribution is 2.31. The first-order valence-corrected chi connectivity index (χ1v) is 8.43. The lowest BCUT2D eigenvalue weighted by Crippen LogP contribution is -2.41. The second-order valence-electron chi connectivity index (χ2n) is 6.20. The van der Waals surface area contributed by atoms with Crippen molar-refractivity contribution in [2.24, 2.45) is 0 Å². The number of likely N-dealkylation sites (N-methyl/N-ethyl adjacent to an activating group) is 1. The summed E-state index contributed by atoms with van der Waals surface area (Å²) in [6.45, 7) is 0.867. The second kappa shape index (κ2) is 6.92. The third-order valence-electron chi connectivity index (χ3n) is 4.29. The molecule has 0 aliphatic carbocycles. The standard InChI is InChI=1S/C20H19N3O3/c1-22(12-17-13-25-18-7-2-3-8-19(18)26-17)20(24)15-5-4-6-16(11-15)23-10-9-21-14-23/h2-11,14,17H,12-13H2,1H3/t17-/m1/s1. The van der Waals surface area contributed by atoms with Crippen LogP contribution in [-0.4, -0.2) is 46.7 Å². The largest absolute Gasteiger partial charge is 0.486 e. The Morgan fingerprint density at radius 2 is 2.08 bits per heavy atom. The number of rotatable bonds is 4. The van der Waals surface area contributed by atoms with Crippen LogP contribution in [0, 0.1) is 0 Å². The summed E-state index contributed by atoms with van der Waals surface area (Å²) in [7, 11) is 1.77. The number of aromatic nitrogens is 2. The van der Waals surface area contributed by atoms with Crippen molar-refractivity contribution in [1.82, 2.24) is 14.5 Å². The molecule has 0 spiro atoms. The van der Waals surface area contributed by atoms with E-state index >= 15 is 0 Å². The summed E-state index contributed by atoms with van der Waals surface area (Å²) in [5.41, 5.74) is 1.52. The zero-order valence-electron chi connectivity index (χ0n) is 14.4. The molecule has 2 aromatic carbocycles. The average Bonchev–Trinajstić information content (AvgIpc) is 3.22. The van der Waals surface area contributed by atoms with Crippen LogP contribution in [0.4, 0.5) is 0 Å². The maximum Gasteiger partial charge on any atom is 0.253 e. The molecule has 1 aromatic heterocycles. The Bertz CT molecular complexity index is 908. The first kappa shape index (κ1) is 16.2. The van der Waals surface area contributed by atoms with Crippen LogP contribution in [0.5, 0.6) is 11.5 Å². The van der Waals surface area contributed by atoms with Crippen molar-refractivity contribution in [3.63, 3.8) is 0 Å². The van der Waals surface area contributed by atoms with E-state index < -0.39 is 0 Å². The molecule has 2 heterocycles. The molecule has 0 radical (unpaired) electrons. The summed E-state index contributed by atoms with van der Waals surface area (Å²) in [6.07, 6.45) is 5.06. The molecule has 1 aliphatic heterocycles. The minimum absolute atomic E-state index is 0.0607. The van der Waals surface area contributed by atoms with E-state index in [9.17, 15) is 4.79 Å². The highest BCUT2D eigenvalue weighted by molar-refractivity contribution is 5.94. The lowest BCUT2D eigenvalue weighted by atomic mass is 10.1. The van der Waals surface area contributed by atoms with Crippen molar-refractivity contribution in [2.75, 3.05) is 20.2 Å². The fraction of sp³-hybridized carbons (Fsp3) is 0.200. The molecular weight excluding hydrogens is 330 g/mol. The van der Waals surface area contributed by atoms with Crippen molar-refractivity contribution in [3.8, 4) is 17.2 Å². The molecule has 1 amide bonds. The van der Waals surface area contributed by atoms with Gasteiger partial charge in [0.1, 0.15) is 6.61 Å². The molecule has 6 nitrogen and oxygen atoms in total. The number of ether oxygens (including phenoxy) is 2. The van der Waals surface area contributed by atoms with Crippen molar-refractivity contribution in [3.05, 3.63) is 72.8 Å².